The van der Waals surface area contributed by atoms with Gasteiger partial charge >= 0.3 is 0 Å². The van der Waals surface area contributed by atoms with Crippen LogP contribution in [-0.4, -0.2) is 80.9 Å². The van der Waals surface area contributed by atoms with Gasteiger partial charge in [0.25, 0.3) is 0 Å². The number of hydrogen-bond acceptors (Lipinski definition) is 6. The molecular weight excluding hydrogens is 461 g/mol. The molecule has 0 saturated carbocycles. The van der Waals surface area contributed by atoms with Crippen molar-refractivity contribution in [1.29, 1.82) is 0 Å². The topological polar surface area (TPSA) is 77.9 Å². The van der Waals surface area contributed by atoms with E-state index in [0.29, 0.717) is 19.6 Å². The van der Waals surface area contributed by atoms with Crippen molar-refractivity contribution in [2.45, 2.75) is 13.5 Å². The summed E-state index contributed by atoms with van der Waals surface area (Å²) in [6.45, 7) is 5.52. The minimum Gasteiger partial charge on any atom is -0.355 e. The number of rotatable bonds is 5. The van der Waals surface area contributed by atoms with E-state index in [1.54, 1.807) is 18.4 Å². The van der Waals surface area contributed by atoms with Gasteiger partial charge < -0.3 is 10.2 Å². The van der Waals surface area contributed by atoms with Crippen molar-refractivity contribution in [2.24, 2.45) is 4.99 Å². The SMILES string of the molecule is CN=C(NCCN1CCS(=O)(=O)CC1)N(C)Cc1csc(C)n1.I. The van der Waals surface area contributed by atoms with Gasteiger partial charge in [-0.25, -0.2) is 13.4 Å². The second-order valence-corrected chi connectivity index (χ2v) is 9.05. The number of aliphatic imine (C=N–C) groups is 1. The molecule has 2 heterocycles. The van der Waals surface area contributed by atoms with Crippen LogP contribution in [0.25, 0.3) is 0 Å². The van der Waals surface area contributed by atoms with Crippen molar-refractivity contribution in [2.75, 3.05) is 51.8 Å². The van der Waals surface area contributed by atoms with Gasteiger partial charge in [0.1, 0.15) is 0 Å². The summed E-state index contributed by atoms with van der Waals surface area (Å²) in [4.78, 5) is 13.0. The summed E-state index contributed by atoms with van der Waals surface area (Å²) in [5, 5.41) is 6.45. The van der Waals surface area contributed by atoms with E-state index in [9.17, 15) is 8.42 Å². The third kappa shape index (κ3) is 6.81. The summed E-state index contributed by atoms with van der Waals surface area (Å²) in [5.41, 5.74) is 1.04. The minimum absolute atomic E-state index is 0. The molecule has 24 heavy (non-hydrogen) atoms. The normalized spacial score (nSPS) is 18.0. The lowest BCUT2D eigenvalue weighted by Crippen LogP contribution is -2.46. The van der Waals surface area contributed by atoms with Gasteiger partial charge in [-0.15, -0.1) is 35.3 Å². The summed E-state index contributed by atoms with van der Waals surface area (Å²) in [5.74, 6) is 1.36. The molecule has 1 aliphatic heterocycles. The lowest BCUT2D eigenvalue weighted by Gasteiger charge is -2.27. The van der Waals surface area contributed by atoms with E-state index >= 15 is 0 Å². The summed E-state index contributed by atoms with van der Waals surface area (Å²) in [6.07, 6.45) is 0. The standard InChI is InChI=1S/C14H25N5O2S2.HI/c1-12-17-13(11-22-12)10-18(3)14(15-2)16-4-5-19-6-8-23(20,21)9-7-19;/h11H,4-10H2,1-3H3,(H,15,16);1H. The second-order valence-electron chi connectivity index (χ2n) is 5.68. The predicted octanol–water partition coefficient (Wildman–Crippen LogP) is 0.807. The third-order valence-electron chi connectivity index (χ3n) is 3.79. The maximum atomic E-state index is 11.4. The van der Waals surface area contributed by atoms with Gasteiger partial charge in [0, 0.05) is 45.7 Å². The highest BCUT2D eigenvalue weighted by atomic mass is 127. The van der Waals surface area contributed by atoms with Crippen molar-refractivity contribution < 1.29 is 8.42 Å². The molecule has 1 aromatic heterocycles. The van der Waals surface area contributed by atoms with Crippen LogP contribution in [-0.2, 0) is 16.4 Å². The molecular formula is C14H26IN5O2S2. The molecule has 7 nitrogen and oxygen atoms in total. The Bertz CT molecular complexity index is 633. The average molecular weight is 487 g/mol. The second kappa shape index (κ2) is 9.88. The van der Waals surface area contributed by atoms with E-state index in [0.717, 1.165) is 29.8 Å². The molecule has 2 rings (SSSR count). The molecule has 1 aromatic rings. The average Bonchev–Trinajstić information content (AvgIpc) is 2.90. The first-order valence-corrected chi connectivity index (χ1v) is 10.4. The Kier molecular flexibility index (Phi) is 8.88. The molecule has 0 amide bonds. The van der Waals surface area contributed by atoms with Crippen LogP contribution >= 0.6 is 35.3 Å². The first-order valence-electron chi connectivity index (χ1n) is 7.65. The van der Waals surface area contributed by atoms with Gasteiger partial charge in [-0.3, -0.25) is 9.89 Å². The fourth-order valence-corrected chi connectivity index (χ4v) is 4.36. The Balaban J connectivity index is 0.00000288. The van der Waals surface area contributed by atoms with Crippen LogP contribution in [0.5, 0.6) is 0 Å². The quantitative estimate of drug-likeness (QED) is 0.377. The largest absolute Gasteiger partial charge is 0.355 e. The van der Waals surface area contributed by atoms with Gasteiger partial charge in [-0.05, 0) is 6.92 Å². The molecule has 0 aliphatic carbocycles. The Morgan fingerprint density at radius 1 is 1.46 bits per heavy atom. The van der Waals surface area contributed by atoms with Gasteiger partial charge in [-0.2, -0.15) is 0 Å². The third-order valence-corrected chi connectivity index (χ3v) is 6.22. The van der Waals surface area contributed by atoms with E-state index in [4.69, 9.17) is 0 Å². The number of nitrogens with zero attached hydrogens (tertiary/aromatic N) is 4. The monoisotopic (exact) mass is 487 g/mol. The van der Waals surface area contributed by atoms with Gasteiger partial charge in [-0.1, -0.05) is 0 Å². The van der Waals surface area contributed by atoms with Crippen molar-refractivity contribution in [3.8, 4) is 0 Å². The summed E-state index contributed by atoms with van der Waals surface area (Å²) in [7, 11) is 0.938. The van der Waals surface area contributed by atoms with Gasteiger partial charge in [0.15, 0.2) is 15.8 Å². The molecule has 1 N–H and O–H groups in total. The number of hydrogen-bond donors (Lipinski definition) is 1. The summed E-state index contributed by atoms with van der Waals surface area (Å²) < 4.78 is 22.8. The van der Waals surface area contributed by atoms with Crippen molar-refractivity contribution in [1.82, 2.24) is 20.1 Å². The lowest BCUT2D eigenvalue weighted by atomic mass is 10.4. The number of aromatic nitrogens is 1. The highest BCUT2D eigenvalue weighted by molar-refractivity contribution is 14.0. The highest BCUT2D eigenvalue weighted by Gasteiger charge is 2.21. The molecule has 1 fully saturated rings. The number of aryl methyl sites for hydroxylation is 1. The molecule has 0 aromatic carbocycles. The fourth-order valence-electron chi connectivity index (χ4n) is 2.48. The van der Waals surface area contributed by atoms with Crippen LogP contribution in [0.1, 0.15) is 10.7 Å². The molecule has 10 heteroatoms. The maximum absolute atomic E-state index is 11.4. The van der Waals surface area contributed by atoms with Crippen LogP contribution in [0.15, 0.2) is 10.4 Å². The van der Waals surface area contributed by atoms with E-state index in [2.05, 4.69) is 25.6 Å². The molecule has 138 valence electrons. The van der Waals surface area contributed by atoms with Gasteiger partial charge in [0.05, 0.1) is 28.8 Å². The van der Waals surface area contributed by atoms with Crippen molar-refractivity contribution >= 4 is 51.1 Å². The minimum atomic E-state index is -2.81. The van der Waals surface area contributed by atoms with Crippen LogP contribution in [0, 0.1) is 6.92 Å². The van der Waals surface area contributed by atoms with Crippen LogP contribution < -0.4 is 5.32 Å². The highest BCUT2D eigenvalue weighted by Crippen LogP contribution is 2.09. The molecule has 1 saturated heterocycles. The van der Waals surface area contributed by atoms with Crippen LogP contribution in [0.3, 0.4) is 0 Å². The maximum Gasteiger partial charge on any atom is 0.193 e. The molecule has 0 spiro atoms. The first-order chi connectivity index (χ1) is 10.9. The molecule has 0 unspecified atom stereocenters. The van der Waals surface area contributed by atoms with Gasteiger partial charge in [0.2, 0.25) is 0 Å². The van der Waals surface area contributed by atoms with Crippen LogP contribution in [0.2, 0.25) is 0 Å². The molecule has 0 bridgehead atoms. The van der Waals surface area contributed by atoms with Crippen LogP contribution in [0.4, 0.5) is 0 Å². The zero-order valence-corrected chi connectivity index (χ0v) is 18.3. The number of halogens is 1. The predicted molar refractivity (Wildman–Crippen MR) is 110 cm³/mol. The first kappa shape index (κ1) is 21.6. The Labute approximate surface area is 165 Å². The van der Waals surface area contributed by atoms with E-state index < -0.39 is 9.84 Å². The molecule has 1 aliphatic rings. The zero-order chi connectivity index (χ0) is 16.9. The van der Waals surface area contributed by atoms with Crippen molar-refractivity contribution in [3.05, 3.63) is 16.1 Å². The fraction of sp³-hybridized carbons (Fsp3) is 0.714. The number of sulfone groups is 1. The van der Waals surface area contributed by atoms with E-state index in [1.807, 2.05) is 18.9 Å². The number of thiazole rings is 1. The summed E-state index contributed by atoms with van der Waals surface area (Å²) in [6, 6.07) is 0. The lowest BCUT2D eigenvalue weighted by molar-refractivity contribution is 0.298. The Hall–Kier alpha value is -0.460. The summed E-state index contributed by atoms with van der Waals surface area (Å²) >= 11 is 1.65. The zero-order valence-electron chi connectivity index (χ0n) is 14.4. The Morgan fingerprint density at radius 2 is 2.12 bits per heavy atom. The molecule has 0 radical (unpaired) electrons. The smallest absolute Gasteiger partial charge is 0.193 e. The number of nitrogens with one attached hydrogen (secondary N) is 1. The van der Waals surface area contributed by atoms with E-state index in [1.165, 1.54) is 0 Å². The number of guanidine groups is 1. The van der Waals surface area contributed by atoms with E-state index in [-0.39, 0.29) is 35.5 Å². The Morgan fingerprint density at radius 3 is 2.67 bits per heavy atom. The van der Waals surface area contributed by atoms with Crippen molar-refractivity contribution in [3.63, 3.8) is 0 Å². The molecule has 0 atom stereocenters.